The average Bonchev–Trinajstić information content (AvgIpc) is 2.94. The third-order valence-corrected chi connectivity index (χ3v) is 3.47. The molecule has 0 aliphatic heterocycles. The Morgan fingerprint density at radius 1 is 1.43 bits per heavy atom. The van der Waals surface area contributed by atoms with Crippen LogP contribution in [-0.4, -0.2) is 34.2 Å². The quantitative estimate of drug-likeness (QED) is 0.772. The van der Waals surface area contributed by atoms with E-state index in [2.05, 4.69) is 10.3 Å². The Morgan fingerprint density at radius 2 is 2.19 bits per heavy atom. The summed E-state index contributed by atoms with van der Waals surface area (Å²) in [5, 5.41) is 22.8. The average molecular weight is 308 g/mol. The van der Waals surface area contributed by atoms with Crippen molar-refractivity contribution in [1.82, 2.24) is 10.3 Å². The minimum atomic E-state index is -1.12. The van der Waals surface area contributed by atoms with Gasteiger partial charge in [0, 0.05) is 5.38 Å². The zero-order chi connectivity index (χ0) is 15.4. The van der Waals surface area contributed by atoms with Gasteiger partial charge in [-0.1, -0.05) is 0 Å². The summed E-state index contributed by atoms with van der Waals surface area (Å²) in [7, 11) is 1.46. The van der Waals surface area contributed by atoms with Crippen LogP contribution in [0.4, 0.5) is 0 Å². The van der Waals surface area contributed by atoms with Gasteiger partial charge in [-0.3, -0.25) is 4.79 Å². The molecule has 8 heteroatoms. The highest BCUT2D eigenvalue weighted by Crippen LogP contribution is 2.22. The van der Waals surface area contributed by atoms with Gasteiger partial charge in [0.05, 0.1) is 19.2 Å². The molecule has 1 aromatic heterocycles. The van der Waals surface area contributed by atoms with Gasteiger partial charge in [0.2, 0.25) is 0 Å². The fourth-order valence-electron chi connectivity index (χ4n) is 1.57. The number of nitrogens with zero attached hydrogens (tertiary/aromatic N) is 1. The standard InChI is InChI=1S/C13H12N2O5S/c1-20-7-2-3-10(16)8(4-7)12(17)14-5-11-15-9(6-21-11)13(18)19/h2-4,6,16H,5H2,1H3,(H,14,17)(H,18,19). The predicted octanol–water partition coefficient (Wildman–Crippen LogP) is 1.49. The number of carboxylic acids is 1. The van der Waals surface area contributed by atoms with Crippen LogP contribution in [0.2, 0.25) is 0 Å². The lowest BCUT2D eigenvalue weighted by Crippen LogP contribution is -2.23. The van der Waals surface area contributed by atoms with Crippen LogP contribution in [0.25, 0.3) is 0 Å². The number of ether oxygens (including phenoxy) is 1. The highest BCUT2D eigenvalue weighted by atomic mass is 32.1. The molecule has 0 unspecified atom stereocenters. The number of hydrogen-bond donors (Lipinski definition) is 3. The number of hydrogen-bond acceptors (Lipinski definition) is 6. The van der Waals surface area contributed by atoms with Crippen LogP contribution >= 0.6 is 11.3 Å². The van der Waals surface area contributed by atoms with Crippen LogP contribution in [0.15, 0.2) is 23.6 Å². The van der Waals surface area contributed by atoms with Gasteiger partial charge in [-0.25, -0.2) is 9.78 Å². The Bertz CT molecular complexity index is 683. The van der Waals surface area contributed by atoms with E-state index in [-0.39, 0.29) is 23.6 Å². The molecule has 0 fully saturated rings. The molecule has 1 amide bonds. The van der Waals surface area contributed by atoms with Gasteiger partial charge in [0.1, 0.15) is 16.5 Å². The number of carboxylic acid groups (broad SMARTS) is 1. The maximum absolute atomic E-state index is 12.0. The smallest absolute Gasteiger partial charge is 0.355 e. The third kappa shape index (κ3) is 3.48. The summed E-state index contributed by atoms with van der Waals surface area (Å²) in [6.45, 7) is 0.0768. The van der Waals surface area contributed by atoms with E-state index in [0.29, 0.717) is 10.8 Å². The zero-order valence-corrected chi connectivity index (χ0v) is 11.8. The maximum Gasteiger partial charge on any atom is 0.355 e. The molecule has 7 nitrogen and oxygen atoms in total. The van der Waals surface area contributed by atoms with Crippen LogP contribution in [-0.2, 0) is 6.54 Å². The Labute approximate surface area is 123 Å². The zero-order valence-electron chi connectivity index (χ0n) is 11.0. The number of nitrogens with one attached hydrogen (secondary N) is 1. The Balaban J connectivity index is 2.05. The molecule has 0 aliphatic carbocycles. The van der Waals surface area contributed by atoms with Crippen LogP contribution in [0.1, 0.15) is 25.9 Å². The molecular weight excluding hydrogens is 296 g/mol. The number of phenols is 1. The number of methoxy groups -OCH3 is 1. The summed E-state index contributed by atoms with van der Waals surface area (Å²) in [4.78, 5) is 26.5. The fourth-order valence-corrected chi connectivity index (χ4v) is 2.27. The number of aromatic nitrogens is 1. The molecule has 0 aliphatic rings. The molecule has 110 valence electrons. The molecular formula is C13H12N2O5S. The van der Waals surface area contributed by atoms with Gasteiger partial charge in [0.25, 0.3) is 5.91 Å². The van der Waals surface area contributed by atoms with Crippen molar-refractivity contribution < 1.29 is 24.5 Å². The maximum atomic E-state index is 12.0. The number of carbonyl (C=O) groups is 2. The van der Waals surface area contributed by atoms with Gasteiger partial charge in [-0.15, -0.1) is 11.3 Å². The number of carbonyl (C=O) groups excluding carboxylic acids is 1. The summed E-state index contributed by atoms with van der Waals surface area (Å²) in [6, 6.07) is 4.31. The van der Waals surface area contributed by atoms with E-state index in [1.807, 2.05) is 0 Å². The van der Waals surface area contributed by atoms with E-state index in [0.717, 1.165) is 11.3 Å². The summed E-state index contributed by atoms with van der Waals surface area (Å²) < 4.78 is 4.99. The molecule has 2 aromatic rings. The molecule has 1 aromatic carbocycles. The second-order valence-corrected chi connectivity index (χ2v) is 4.94. The first-order valence-corrected chi connectivity index (χ1v) is 6.72. The SMILES string of the molecule is COc1ccc(O)c(C(=O)NCc2nc(C(=O)O)cs2)c1. The van der Waals surface area contributed by atoms with Crippen molar-refractivity contribution >= 4 is 23.2 Å². The number of benzene rings is 1. The van der Waals surface area contributed by atoms with E-state index < -0.39 is 11.9 Å². The molecule has 0 saturated heterocycles. The first-order valence-electron chi connectivity index (χ1n) is 5.84. The second kappa shape index (κ2) is 6.23. The van der Waals surface area contributed by atoms with Crippen molar-refractivity contribution in [3.05, 3.63) is 39.8 Å². The number of aromatic hydroxyl groups is 1. The van der Waals surface area contributed by atoms with E-state index in [1.165, 1.54) is 30.7 Å². The fraction of sp³-hybridized carbons (Fsp3) is 0.154. The molecule has 0 saturated carbocycles. The van der Waals surface area contributed by atoms with Gasteiger partial charge >= 0.3 is 5.97 Å². The molecule has 0 bridgehead atoms. The van der Waals surface area contributed by atoms with Crippen LogP contribution in [0.3, 0.4) is 0 Å². The molecule has 2 rings (SSSR count). The second-order valence-electron chi connectivity index (χ2n) is 4.00. The lowest BCUT2D eigenvalue weighted by molar-refractivity contribution is 0.0691. The van der Waals surface area contributed by atoms with Gasteiger partial charge in [0.15, 0.2) is 5.69 Å². The van der Waals surface area contributed by atoms with Gasteiger partial charge in [-0.2, -0.15) is 0 Å². The number of phenolic OH excluding ortho intramolecular Hbond substituents is 1. The van der Waals surface area contributed by atoms with E-state index >= 15 is 0 Å². The van der Waals surface area contributed by atoms with Crippen molar-refractivity contribution in [1.29, 1.82) is 0 Å². The van der Waals surface area contributed by atoms with E-state index in [9.17, 15) is 14.7 Å². The van der Waals surface area contributed by atoms with Crippen molar-refractivity contribution in [2.45, 2.75) is 6.54 Å². The summed E-state index contributed by atoms with van der Waals surface area (Å²) in [5.41, 5.74) is 0.0119. The molecule has 0 spiro atoms. The van der Waals surface area contributed by atoms with E-state index in [4.69, 9.17) is 9.84 Å². The lowest BCUT2D eigenvalue weighted by Gasteiger charge is -2.07. The monoisotopic (exact) mass is 308 g/mol. The largest absolute Gasteiger partial charge is 0.507 e. The normalized spacial score (nSPS) is 10.1. The highest BCUT2D eigenvalue weighted by Gasteiger charge is 2.14. The minimum absolute atomic E-state index is 0.0616. The summed E-state index contributed by atoms with van der Waals surface area (Å²) in [6.07, 6.45) is 0. The molecule has 1 heterocycles. The van der Waals surface area contributed by atoms with Crippen LogP contribution < -0.4 is 10.1 Å². The third-order valence-electron chi connectivity index (χ3n) is 2.62. The van der Waals surface area contributed by atoms with E-state index in [1.54, 1.807) is 0 Å². The number of rotatable bonds is 5. The topological polar surface area (TPSA) is 109 Å². The van der Waals surface area contributed by atoms with Crippen LogP contribution in [0, 0.1) is 0 Å². The molecule has 0 radical (unpaired) electrons. The Kier molecular flexibility index (Phi) is 4.39. The van der Waals surface area contributed by atoms with Crippen molar-refractivity contribution in [2.75, 3.05) is 7.11 Å². The summed E-state index contributed by atoms with van der Waals surface area (Å²) in [5.74, 6) is -1.34. The Morgan fingerprint density at radius 3 is 2.81 bits per heavy atom. The predicted molar refractivity (Wildman–Crippen MR) is 74.9 cm³/mol. The number of thiazole rings is 1. The molecule has 3 N–H and O–H groups in total. The van der Waals surface area contributed by atoms with Crippen molar-refractivity contribution in [3.8, 4) is 11.5 Å². The molecule has 21 heavy (non-hydrogen) atoms. The Hall–Kier alpha value is -2.61. The number of amides is 1. The van der Waals surface area contributed by atoms with Crippen molar-refractivity contribution in [3.63, 3.8) is 0 Å². The van der Waals surface area contributed by atoms with Crippen LogP contribution in [0.5, 0.6) is 11.5 Å². The van der Waals surface area contributed by atoms with Gasteiger partial charge in [-0.05, 0) is 18.2 Å². The first-order chi connectivity index (χ1) is 10.0. The minimum Gasteiger partial charge on any atom is -0.507 e. The number of aromatic carboxylic acids is 1. The van der Waals surface area contributed by atoms with Gasteiger partial charge < -0.3 is 20.3 Å². The highest BCUT2D eigenvalue weighted by molar-refractivity contribution is 7.09. The van der Waals surface area contributed by atoms with Crippen molar-refractivity contribution in [2.24, 2.45) is 0 Å². The first kappa shape index (κ1) is 14.8. The summed E-state index contributed by atoms with van der Waals surface area (Å²) >= 11 is 1.13. The lowest BCUT2D eigenvalue weighted by atomic mass is 10.2. The molecule has 0 atom stereocenters.